The van der Waals surface area contributed by atoms with Crippen LogP contribution < -0.4 is 0 Å². The van der Waals surface area contributed by atoms with Crippen LogP contribution in [-0.2, 0) is 19.2 Å². The van der Waals surface area contributed by atoms with E-state index >= 15 is 0 Å². The van der Waals surface area contributed by atoms with Gasteiger partial charge in [-0.05, 0) is 12.8 Å². The Kier molecular flexibility index (Phi) is 11.2. The van der Waals surface area contributed by atoms with E-state index in [9.17, 15) is 29.4 Å². The van der Waals surface area contributed by atoms with Crippen LogP contribution in [0.5, 0.6) is 0 Å². The van der Waals surface area contributed by atoms with Crippen LogP contribution in [0.2, 0.25) is 0 Å². The summed E-state index contributed by atoms with van der Waals surface area (Å²) in [5.41, 5.74) is 0. The monoisotopic (exact) mass is 376 g/mol. The van der Waals surface area contributed by atoms with Crippen molar-refractivity contribution in [1.29, 1.82) is 0 Å². The van der Waals surface area contributed by atoms with E-state index < -0.39 is 49.1 Å². The minimum atomic E-state index is -1.21. The van der Waals surface area contributed by atoms with Crippen molar-refractivity contribution in [2.75, 3.05) is 26.2 Å². The fourth-order valence-corrected chi connectivity index (χ4v) is 2.77. The summed E-state index contributed by atoms with van der Waals surface area (Å²) in [6.45, 7) is 2.36. The highest BCUT2D eigenvalue weighted by Crippen LogP contribution is 2.11. The van der Waals surface area contributed by atoms with Crippen LogP contribution in [0.25, 0.3) is 0 Å². The number of carbonyl (C=O) groups is 4. The van der Waals surface area contributed by atoms with Gasteiger partial charge in [0.25, 0.3) is 0 Å². The third-order valence-electron chi connectivity index (χ3n) is 3.93. The van der Waals surface area contributed by atoms with Crippen LogP contribution in [-0.4, -0.2) is 92.4 Å². The van der Waals surface area contributed by atoms with Crippen molar-refractivity contribution in [2.45, 2.75) is 51.6 Å². The van der Waals surface area contributed by atoms with Crippen LogP contribution in [0.1, 0.15) is 39.5 Å². The predicted octanol–water partition coefficient (Wildman–Crippen LogP) is 0.266. The molecule has 0 saturated carbocycles. The molecule has 0 fully saturated rings. The zero-order valence-corrected chi connectivity index (χ0v) is 15.1. The molecule has 0 heterocycles. The minimum Gasteiger partial charge on any atom is -0.480 e. The van der Waals surface area contributed by atoms with E-state index in [0.29, 0.717) is 12.8 Å². The van der Waals surface area contributed by atoms with Gasteiger partial charge in [-0.3, -0.25) is 29.0 Å². The molecule has 0 saturated heterocycles. The van der Waals surface area contributed by atoms with E-state index in [2.05, 4.69) is 0 Å². The van der Waals surface area contributed by atoms with Gasteiger partial charge in [0, 0.05) is 13.1 Å². The summed E-state index contributed by atoms with van der Waals surface area (Å²) in [6, 6.07) is -2.06. The summed E-state index contributed by atoms with van der Waals surface area (Å²) in [4.78, 5) is 47.5. The van der Waals surface area contributed by atoms with Crippen molar-refractivity contribution in [2.24, 2.45) is 0 Å². The lowest BCUT2D eigenvalue weighted by molar-refractivity contribution is -0.150. The molecule has 0 amide bonds. The second-order valence-corrected chi connectivity index (χ2v) is 6.01. The maximum atomic E-state index is 11.4. The van der Waals surface area contributed by atoms with Gasteiger partial charge < -0.3 is 20.4 Å². The quantitative estimate of drug-likeness (QED) is 0.313. The topological polar surface area (TPSA) is 156 Å². The van der Waals surface area contributed by atoms with Gasteiger partial charge in [-0.1, -0.05) is 26.7 Å². The van der Waals surface area contributed by atoms with E-state index in [1.165, 1.54) is 9.80 Å². The number of aliphatic carboxylic acids is 4. The molecule has 26 heavy (non-hydrogen) atoms. The predicted molar refractivity (Wildman–Crippen MR) is 91.1 cm³/mol. The molecule has 0 spiro atoms. The van der Waals surface area contributed by atoms with Crippen molar-refractivity contribution < 1.29 is 39.6 Å². The second-order valence-electron chi connectivity index (χ2n) is 6.01. The Hall–Kier alpha value is -2.20. The molecule has 2 atom stereocenters. The van der Waals surface area contributed by atoms with Gasteiger partial charge >= 0.3 is 23.9 Å². The average Bonchev–Trinajstić information content (AvgIpc) is 2.51. The van der Waals surface area contributed by atoms with E-state index in [-0.39, 0.29) is 25.9 Å². The first kappa shape index (κ1) is 23.8. The largest absolute Gasteiger partial charge is 0.480 e. The fraction of sp³-hybridized carbons (Fsp3) is 0.750. The number of nitrogens with zero attached hydrogens (tertiary/aromatic N) is 2. The number of carboxylic acid groups (broad SMARTS) is 4. The molecule has 4 N–H and O–H groups in total. The molecule has 0 aliphatic heterocycles. The van der Waals surface area contributed by atoms with Crippen LogP contribution in [0.15, 0.2) is 0 Å². The van der Waals surface area contributed by atoms with Gasteiger partial charge in [-0.15, -0.1) is 0 Å². The van der Waals surface area contributed by atoms with Crippen LogP contribution >= 0.6 is 0 Å². The molecule has 0 aliphatic rings. The van der Waals surface area contributed by atoms with E-state index in [0.717, 1.165) is 0 Å². The van der Waals surface area contributed by atoms with Crippen molar-refractivity contribution in [3.63, 3.8) is 0 Å². The molecule has 0 aromatic rings. The fourth-order valence-electron chi connectivity index (χ4n) is 2.77. The van der Waals surface area contributed by atoms with Gasteiger partial charge in [0.15, 0.2) is 0 Å². The molecule has 0 radical (unpaired) electrons. The number of hydrogen-bond donors (Lipinski definition) is 4. The average molecular weight is 376 g/mol. The first-order chi connectivity index (χ1) is 12.1. The molecule has 0 aromatic carbocycles. The van der Waals surface area contributed by atoms with E-state index in [1.807, 2.05) is 0 Å². The zero-order valence-electron chi connectivity index (χ0n) is 15.1. The Labute approximate surface area is 152 Å². The van der Waals surface area contributed by atoms with Crippen molar-refractivity contribution in [3.8, 4) is 0 Å². The maximum Gasteiger partial charge on any atom is 0.320 e. The lowest BCUT2D eigenvalue weighted by Gasteiger charge is -2.32. The molecule has 0 aliphatic carbocycles. The molecule has 10 heteroatoms. The Morgan fingerprint density at radius 3 is 1.19 bits per heavy atom. The molecule has 0 bridgehead atoms. The molecule has 0 aromatic heterocycles. The SMILES string of the molecule is CCCC(C(=O)O)N(CCN(CC(=O)O)C(CCC)C(=O)O)CC(=O)O. The van der Waals surface area contributed by atoms with Gasteiger partial charge in [0.1, 0.15) is 12.1 Å². The Balaban J connectivity index is 5.35. The summed E-state index contributed by atoms with van der Waals surface area (Å²) in [7, 11) is 0. The normalized spacial score (nSPS) is 13.5. The Bertz CT molecular complexity index is 453. The van der Waals surface area contributed by atoms with Crippen LogP contribution in [0.4, 0.5) is 0 Å². The summed E-state index contributed by atoms with van der Waals surface area (Å²) in [6.07, 6.45) is 1.52. The van der Waals surface area contributed by atoms with Crippen molar-refractivity contribution in [1.82, 2.24) is 9.80 Å². The van der Waals surface area contributed by atoms with Gasteiger partial charge in [0.05, 0.1) is 13.1 Å². The molecular weight excluding hydrogens is 348 g/mol. The summed E-state index contributed by atoms with van der Waals surface area (Å²) < 4.78 is 0. The molecule has 150 valence electrons. The first-order valence-corrected chi connectivity index (χ1v) is 8.51. The minimum absolute atomic E-state index is 0.0654. The smallest absolute Gasteiger partial charge is 0.320 e. The molecular formula is C16H28N2O8. The summed E-state index contributed by atoms with van der Waals surface area (Å²) in [5.74, 6) is -4.75. The van der Waals surface area contributed by atoms with Crippen LogP contribution in [0, 0.1) is 0 Å². The van der Waals surface area contributed by atoms with Gasteiger partial charge in [0.2, 0.25) is 0 Å². The van der Waals surface area contributed by atoms with Gasteiger partial charge in [-0.25, -0.2) is 0 Å². The second kappa shape index (κ2) is 12.2. The number of hydrogen-bond acceptors (Lipinski definition) is 6. The highest BCUT2D eigenvalue weighted by atomic mass is 16.4. The van der Waals surface area contributed by atoms with E-state index in [1.54, 1.807) is 13.8 Å². The Morgan fingerprint density at radius 1 is 0.692 bits per heavy atom. The van der Waals surface area contributed by atoms with Crippen molar-refractivity contribution in [3.05, 3.63) is 0 Å². The number of carboxylic acids is 4. The molecule has 2 unspecified atom stereocenters. The van der Waals surface area contributed by atoms with Gasteiger partial charge in [-0.2, -0.15) is 0 Å². The zero-order chi connectivity index (χ0) is 20.3. The lowest BCUT2D eigenvalue weighted by Crippen LogP contribution is -2.51. The standard InChI is InChI=1S/C16H28N2O8/c1-3-5-11(15(23)24)17(9-13(19)20)7-8-18(10-14(21)22)12(6-4-2)16(25)26/h11-12H,3-10H2,1-2H3,(H,19,20)(H,21,22)(H,23,24)(H,25,26). The highest BCUT2D eigenvalue weighted by molar-refractivity contribution is 5.76. The van der Waals surface area contributed by atoms with Crippen molar-refractivity contribution >= 4 is 23.9 Å². The third-order valence-corrected chi connectivity index (χ3v) is 3.93. The maximum absolute atomic E-state index is 11.4. The first-order valence-electron chi connectivity index (χ1n) is 8.51. The highest BCUT2D eigenvalue weighted by Gasteiger charge is 2.30. The lowest BCUT2D eigenvalue weighted by atomic mass is 10.1. The Morgan fingerprint density at radius 2 is 1.00 bits per heavy atom. The third kappa shape index (κ3) is 8.77. The summed E-state index contributed by atoms with van der Waals surface area (Å²) in [5, 5.41) is 36.8. The van der Waals surface area contributed by atoms with E-state index in [4.69, 9.17) is 10.2 Å². The number of rotatable bonds is 15. The molecule has 10 nitrogen and oxygen atoms in total. The van der Waals surface area contributed by atoms with Crippen LogP contribution in [0.3, 0.4) is 0 Å². The summed E-state index contributed by atoms with van der Waals surface area (Å²) >= 11 is 0. The molecule has 0 rings (SSSR count).